The number of rotatable bonds is 18. The molecular formula is C70H123F3N7O13S2Y-. The Bertz CT molecular complexity index is 2760. The van der Waals surface area contributed by atoms with Crippen LogP contribution in [0.2, 0.25) is 0 Å². The van der Waals surface area contributed by atoms with E-state index in [9.17, 15) is 55.2 Å². The number of alkyl halides is 3. The second kappa shape index (κ2) is 48.3. The summed E-state index contributed by atoms with van der Waals surface area (Å²) in [6.45, 7) is 43.1. The van der Waals surface area contributed by atoms with Crippen LogP contribution in [0.1, 0.15) is 182 Å². The summed E-state index contributed by atoms with van der Waals surface area (Å²) in [5.74, 6) is -1.90. The van der Waals surface area contributed by atoms with E-state index in [1.54, 1.807) is 138 Å². The predicted molar refractivity (Wildman–Crippen MR) is 382 cm³/mol. The maximum atomic E-state index is 11.8. The van der Waals surface area contributed by atoms with E-state index in [0.29, 0.717) is 17.1 Å². The van der Waals surface area contributed by atoms with E-state index in [4.69, 9.17) is 14.2 Å². The van der Waals surface area contributed by atoms with Gasteiger partial charge in [0.15, 0.2) is 5.78 Å². The molecular weight excluding hydrogens is 1360 g/mol. The number of hydrogen-bond donors (Lipinski definition) is 7. The van der Waals surface area contributed by atoms with E-state index < -0.39 is 66.2 Å². The minimum atomic E-state index is -4.76. The Kier molecular flexibility index (Phi) is 52.8. The van der Waals surface area contributed by atoms with Crippen molar-refractivity contribution < 1.29 is 107 Å². The molecule has 26 heteroatoms. The first-order chi connectivity index (χ1) is 42.6. The number of esters is 4. The molecule has 0 bridgehead atoms. The summed E-state index contributed by atoms with van der Waals surface area (Å²) in [6, 6.07) is 28.0. The number of carbonyl (C=O) groups excluding carboxylic acids is 7. The van der Waals surface area contributed by atoms with Crippen molar-refractivity contribution in [3.05, 3.63) is 102 Å². The van der Waals surface area contributed by atoms with Crippen LogP contribution >= 0.6 is 11.8 Å². The maximum absolute atomic E-state index is 11.8. The molecule has 3 aromatic carbocycles. The van der Waals surface area contributed by atoms with Crippen molar-refractivity contribution in [2.24, 2.45) is 0 Å². The standard InChI is InChI=1S/C12H17NO2.C11H15NO2.C11H15NO.C9H19NO2.C6H10F3NO.C6H13NO2.C6H13NO.C5H12S.C4H9O2S.Y/c1-12(2,13-3)11(14)15-9-10-7-5-4-6-8-10;1-11(2,12-3)10(13)14-9-7-5-4-6-8-9;1-11(2,12-3)10(13)9-7-5-4-6-8-9;1-8(2,3)12-7(11)9(4,5)10-6;1-5(2,10-3)4(11)6(7,8)9;1-6(2,7-3)5(8)9-4;1-5(8)6(2,3)7-4;1-5(2,3)6-4;1-4(2,3)7(5)6;/h4-8,13H,9H2,1-3H3;4-8,12H,1-3H3;4-8,12H,1-3H3;10H,1-6H3;10H,1-3H3;7H,1-4H3;7H,1-4H3;1-4H3;1-3H3;/q;;;;;;;;-1;. The van der Waals surface area contributed by atoms with Gasteiger partial charge in [0.05, 0.1) is 23.7 Å². The topological polar surface area (TPSA) is 275 Å². The van der Waals surface area contributed by atoms with Gasteiger partial charge in [-0.05, 0) is 198 Å². The van der Waals surface area contributed by atoms with Gasteiger partial charge in [-0.25, -0.2) is 4.79 Å². The largest absolute Gasteiger partial charge is 0.468 e. The third kappa shape index (κ3) is 50.7. The van der Waals surface area contributed by atoms with Gasteiger partial charge in [-0.1, -0.05) is 136 Å². The molecule has 96 heavy (non-hydrogen) atoms. The first-order valence-corrected chi connectivity index (χ1v) is 33.0. The minimum absolute atomic E-state index is 0. The van der Waals surface area contributed by atoms with E-state index >= 15 is 0 Å². The molecule has 0 atom stereocenters. The van der Waals surface area contributed by atoms with Crippen molar-refractivity contribution in [1.29, 1.82) is 0 Å². The number of halogens is 3. The zero-order valence-corrected chi connectivity index (χ0v) is 68.7. The average Bonchev–Trinajstić information content (AvgIpc) is 0.937. The van der Waals surface area contributed by atoms with Gasteiger partial charge in [-0.3, -0.25) is 28.8 Å². The number of likely N-dealkylation sites (N-methyl/N-ethyl adjacent to an activating group) is 7. The normalized spacial score (nSPS) is 11.7. The van der Waals surface area contributed by atoms with Gasteiger partial charge < -0.3 is 64.6 Å². The Morgan fingerprint density at radius 2 is 0.750 bits per heavy atom. The van der Waals surface area contributed by atoms with Gasteiger partial charge in [0.1, 0.15) is 45.9 Å². The van der Waals surface area contributed by atoms with Crippen molar-refractivity contribution >= 4 is 63.7 Å². The zero-order chi connectivity index (χ0) is 76.6. The fourth-order valence-electron chi connectivity index (χ4n) is 4.40. The molecule has 0 aliphatic carbocycles. The minimum Gasteiger partial charge on any atom is -0.468 e. The summed E-state index contributed by atoms with van der Waals surface area (Å²) in [5.41, 5.74) is -3.48. The maximum Gasteiger partial charge on any atom is 0.451 e. The van der Waals surface area contributed by atoms with Crippen molar-refractivity contribution in [2.45, 2.75) is 233 Å². The summed E-state index contributed by atoms with van der Waals surface area (Å²) in [7, 11) is 11.3. The Labute approximate surface area is 607 Å². The molecule has 0 amide bonds. The van der Waals surface area contributed by atoms with E-state index in [1.165, 1.54) is 28.0 Å². The van der Waals surface area contributed by atoms with Crippen LogP contribution in [0.5, 0.6) is 5.75 Å². The van der Waals surface area contributed by atoms with Crippen LogP contribution in [0.25, 0.3) is 0 Å². The Morgan fingerprint density at radius 1 is 0.448 bits per heavy atom. The van der Waals surface area contributed by atoms with Gasteiger partial charge >= 0.3 is 30.1 Å². The number of methoxy groups -OCH3 is 1. The van der Waals surface area contributed by atoms with Gasteiger partial charge in [-0.2, -0.15) is 24.9 Å². The first kappa shape index (κ1) is 105. The van der Waals surface area contributed by atoms with Gasteiger partial charge in [0.25, 0.3) is 5.78 Å². The summed E-state index contributed by atoms with van der Waals surface area (Å²) < 4.78 is 75.2. The summed E-state index contributed by atoms with van der Waals surface area (Å²) in [6.07, 6.45) is -2.63. The Hall–Kier alpha value is -4.54. The molecule has 0 saturated heterocycles. The van der Waals surface area contributed by atoms with E-state index in [1.807, 2.05) is 139 Å². The predicted octanol–water partition coefficient (Wildman–Crippen LogP) is 11.6. The number of carbonyl (C=O) groups is 7. The van der Waals surface area contributed by atoms with Crippen LogP contribution in [-0.2, 0) is 101 Å². The third-order valence-corrected chi connectivity index (χ3v) is 15.8. The number of benzene rings is 3. The van der Waals surface area contributed by atoms with Crippen LogP contribution in [0.15, 0.2) is 91.0 Å². The van der Waals surface area contributed by atoms with Crippen LogP contribution in [-0.4, -0.2) is 164 Å². The molecule has 0 saturated carbocycles. The van der Waals surface area contributed by atoms with Crippen LogP contribution in [0, 0.1) is 0 Å². The average molecular weight is 1480 g/mol. The summed E-state index contributed by atoms with van der Waals surface area (Å²) in [4.78, 5) is 78.4. The van der Waals surface area contributed by atoms with Gasteiger partial charge in [0, 0.05) is 43.0 Å². The van der Waals surface area contributed by atoms with Gasteiger partial charge in [0.2, 0.25) is 0 Å². The molecule has 553 valence electrons. The molecule has 0 aliphatic heterocycles. The van der Waals surface area contributed by atoms with Crippen LogP contribution in [0.3, 0.4) is 0 Å². The molecule has 20 nitrogen and oxygen atoms in total. The van der Waals surface area contributed by atoms with E-state index in [2.05, 4.69) is 69.0 Å². The molecule has 0 aromatic heterocycles. The second-order valence-electron chi connectivity index (χ2n) is 27.6. The van der Waals surface area contributed by atoms with Crippen molar-refractivity contribution in [2.75, 3.05) is 62.7 Å². The van der Waals surface area contributed by atoms with E-state index in [0.717, 1.165) is 11.1 Å². The molecule has 0 fully saturated rings. The second-order valence-corrected chi connectivity index (χ2v) is 31.0. The molecule has 3 aromatic rings. The van der Waals surface area contributed by atoms with Gasteiger partial charge in [-0.15, -0.1) is 0 Å². The molecule has 0 heterocycles. The number of ketones is 3. The molecule has 7 N–H and O–H groups in total. The summed E-state index contributed by atoms with van der Waals surface area (Å²) >= 11 is 1.88. The monoisotopic (exact) mass is 1480 g/mol. The number of Topliss-reactive ketones (excluding diaryl/α,β-unsaturated/α-hetero) is 3. The van der Waals surface area contributed by atoms with Crippen LogP contribution in [0.4, 0.5) is 13.2 Å². The summed E-state index contributed by atoms with van der Waals surface area (Å²) in [5, 5.41) is 19.7. The third-order valence-electron chi connectivity index (χ3n) is 13.6. The number of nitrogens with one attached hydrogen (secondary N) is 7. The SMILES string of the molecule is CC(C)(C)[S-](=O)=O.CNC(C)(C)C(=O)C(F)(F)F.CNC(C)(C)C(=O)OC.CNC(C)(C)C(=O)OC(C)(C)C.CNC(C)(C)C(=O)OCc1ccccc1.CNC(C)(C)C(=O)Oc1ccccc1.CNC(C)(C)C(=O)c1ccccc1.CNC(C)(C)C(C)=O.CSC(C)(C)C.[Y]. The molecule has 0 spiro atoms. The number of thioether (sulfide) groups is 1. The molecule has 0 unspecified atom stereocenters. The molecule has 0 aliphatic rings. The quantitative estimate of drug-likeness (QED) is 0.0205. The van der Waals surface area contributed by atoms with Crippen molar-refractivity contribution in [3.8, 4) is 5.75 Å². The van der Waals surface area contributed by atoms with Crippen molar-refractivity contribution in [1.82, 2.24) is 37.2 Å². The first-order valence-electron chi connectivity index (χ1n) is 30.7. The fourth-order valence-corrected chi connectivity index (χ4v) is 4.40. The van der Waals surface area contributed by atoms with Crippen LogP contribution < -0.4 is 42.0 Å². The number of ether oxygens (including phenoxy) is 4. The molecule has 1 radical (unpaired) electrons. The zero-order valence-electron chi connectivity index (χ0n) is 64.2. The smallest absolute Gasteiger partial charge is 0.451 e. The van der Waals surface area contributed by atoms with E-state index in [-0.39, 0.29) is 73.7 Å². The number of hydrogen-bond acceptors (Lipinski definition) is 22. The van der Waals surface area contributed by atoms with Crippen molar-refractivity contribution in [3.63, 3.8) is 0 Å². The number of para-hydroxylation sites is 1. The molecule has 3 rings (SSSR count). The Morgan fingerprint density at radius 3 is 1.00 bits per heavy atom. The Balaban J connectivity index is -0.000000188. The fraction of sp³-hybridized carbons (Fsp3) is 0.643.